The highest BCUT2D eigenvalue weighted by molar-refractivity contribution is 5.91. The van der Waals surface area contributed by atoms with Crippen molar-refractivity contribution in [2.45, 2.75) is 0 Å². The van der Waals surface area contributed by atoms with Crippen molar-refractivity contribution in [2.24, 2.45) is 0 Å². The van der Waals surface area contributed by atoms with Crippen molar-refractivity contribution in [2.75, 3.05) is 7.11 Å². The van der Waals surface area contributed by atoms with E-state index in [1.165, 1.54) is 19.2 Å². The van der Waals surface area contributed by atoms with Crippen LogP contribution >= 0.6 is 0 Å². The molecule has 0 atom stereocenters. The standard InChI is InChI=1S/C9H7NO4/c1-13-9-10-6-3-2-5(8(11)12)4-7(6)14-9/h2-4H,1H3,(H,11,12). The van der Waals surface area contributed by atoms with Gasteiger partial charge in [0.15, 0.2) is 5.58 Å². The number of hydrogen-bond acceptors (Lipinski definition) is 4. The molecule has 0 amide bonds. The lowest BCUT2D eigenvalue weighted by molar-refractivity contribution is 0.0697. The van der Waals surface area contributed by atoms with E-state index in [1.807, 2.05) is 0 Å². The molecule has 1 N–H and O–H groups in total. The zero-order chi connectivity index (χ0) is 10.1. The van der Waals surface area contributed by atoms with Crippen LogP contribution in [0.2, 0.25) is 0 Å². The zero-order valence-electron chi connectivity index (χ0n) is 7.35. The summed E-state index contributed by atoms with van der Waals surface area (Å²) in [4.78, 5) is 14.6. The molecule has 0 bridgehead atoms. The largest absolute Gasteiger partial charge is 0.478 e. The third kappa shape index (κ3) is 1.28. The van der Waals surface area contributed by atoms with E-state index in [2.05, 4.69) is 4.98 Å². The van der Waals surface area contributed by atoms with Crippen molar-refractivity contribution < 1.29 is 19.1 Å². The molecule has 0 aliphatic heterocycles. The van der Waals surface area contributed by atoms with Crippen LogP contribution in [0.1, 0.15) is 10.4 Å². The highest BCUT2D eigenvalue weighted by Crippen LogP contribution is 2.21. The first-order chi connectivity index (χ1) is 6.70. The van der Waals surface area contributed by atoms with E-state index in [1.54, 1.807) is 6.07 Å². The number of ether oxygens (including phenoxy) is 1. The number of nitrogens with zero attached hydrogens (tertiary/aromatic N) is 1. The van der Waals surface area contributed by atoms with Gasteiger partial charge in [-0.15, -0.1) is 0 Å². The van der Waals surface area contributed by atoms with Crippen molar-refractivity contribution in [1.29, 1.82) is 0 Å². The maximum Gasteiger partial charge on any atom is 0.394 e. The van der Waals surface area contributed by atoms with E-state index in [4.69, 9.17) is 14.3 Å². The van der Waals surface area contributed by atoms with Gasteiger partial charge in [0.05, 0.1) is 12.7 Å². The molecule has 1 aromatic carbocycles. The lowest BCUT2D eigenvalue weighted by Gasteiger charge is -1.91. The van der Waals surface area contributed by atoms with Gasteiger partial charge in [-0.3, -0.25) is 0 Å². The van der Waals surface area contributed by atoms with Crippen LogP contribution in [0.5, 0.6) is 6.08 Å². The van der Waals surface area contributed by atoms with E-state index >= 15 is 0 Å². The molecule has 0 radical (unpaired) electrons. The Kier molecular flexibility index (Phi) is 1.85. The Hall–Kier alpha value is -2.04. The van der Waals surface area contributed by atoms with E-state index in [0.717, 1.165) is 0 Å². The van der Waals surface area contributed by atoms with Gasteiger partial charge < -0.3 is 14.3 Å². The van der Waals surface area contributed by atoms with Crippen molar-refractivity contribution in [3.05, 3.63) is 23.8 Å². The lowest BCUT2D eigenvalue weighted by Crippen LogP contribution is -1.94. The minimum absolute atomic E-state index is 0.127. The highest BCUT2D eigenvalue weighted by Gasteiger charge is 2.09. The van der Waals surface area contributed by atoms with Crippen LogP contribution in [0.25, 0.3) is 11.1 Å². The molecule has 14 heavy (non-hydrogen) atoms. The molecule has 0 aliphatic rings. The summed E-state index contributed by atoms with van der Waals surface area (Å²) in [5, 5.41) is 8.71. The van der Waals surface area contributed by atoms with Gasteiger partial charge in [-0.05, 0) is 18.2 Å². The van der Waals surface area contributed by atoms with Crippen molar-refractivity contribution in [3.8, 4) is 6.08 Å². The molecule has 72 valence electrons. The van der Waals surface area contributed by atoms with E-state index in [9.17, 15) is 4.79 Å². The molecule has 0 saturated heterocycles. The van der Waals surface area contributed by atoms with Crippen molar-refractivity contribution >= 4 is 17.1 Å². The first-order valence-corrected chi connectivity index (χ1v) is 3.88. The number of carboxylic acid groups (broad SMARTS) is 1. The fraction of sp³-hybridized carbons (Fsp3) is 0.111. The van der Waals surface area contributed by atoms with Gasteiger partial charge in [0.1, 0.15) is 5.52 Å². The molecule has 5 heteroatoms. The highest BCUT2D eigenvalue weighted by atomic mass is 16.6. The molecular weight excluding hydrogens is 186 g/mol. The van der Waals surface area contributed by atoms with Crippen LogP contribution in [0.3, 0.4) is 0 Å². The summed E-state index contributed by atoms with van der Waals surface area (Å²) in [5.74, 6) is -0.998. The van der Waals surface area contributed by atoms with E-state index in [0.29, 0.717) is 11.1 Å². The molecule has 1 aromatic heterocycles. The quantitative estimate of drug-likeness (QED) is 0.782. The monoisotopic (exact) mass is 193 g/mol. The Balaban J connectivity index is 2.59. The van der Waals surface area contributed by atoms with Crippen LogP contribution in [-0.4, -0.2) is 23.2 Å². The summed E-state index contributed by atoms with van der Waals surface area (Å²) in [6, 6.07) is 4.45. The molecule has 2 aromatic rings. The van der Waals surface area contributed by atoms with Gasteiger partial charge in [0.2, 0.25) is 0 Å². The molecule has 0 saturated carbocycles. The Bertz CT molecular complexity index is 489. The number of hydrogen-bond donors (Lipinski definition) is 1. The fourth-order valence-corrected chi connectivity index (χ4v) is 1.12. The molecule has 2 rings (SSSR count). The minimum Gasteiger partial charge on any atom is -0.478 e. The summed E-state index contributed by atoms with van der Waals surface area (Å²) in [5.41, 5.74) is 1.14. The normalized spacial score (nSPS) is 10.4. The predicted octanol–water partition coefficient (Wildman–Crippen LogP) is 1.53. The Morgan fingerprint density at radius 3 is 3.00 bits per heavy atom. The number of fused-ring (bicyclic) bond motifs is 1. The lowest BCUT2D eigenvalue weighted by atomic mass is 10.2. The van der Waals surface area contributed by atoms with Crippen molar-refractivity contribution in [3.63, 3.8) is 0 Å². The van der Waals surface area contributed by atoms with Crippen molar-refractivity contribution in [1.82, 2.24) is 4.98 Å². The van der Waals surface area contributed by atoms with Gasteiger partial charge in [0, 0.05) is 0 Å². The van der Waals surface area contributed by atoms with E-state index in [-0.39, 0.29) is 11.6 Å². The first-order valence-electron chi connectivity index (χ1n) is 3.88. The molecule has 5 nitrogen and oxygen atoms in total. The molecule has 0 unspecified atom stereocenters. The maximum absolute atomic E-state index is 10.6. The second-order valence-corrected chi connectivity index (χ2v) is 2.67. The van der Waals surface area contributed by atoms with Crippen LogP contribution in [0.15, 0.2) is 22.6 Å². The number of methoxy groups -OCH3 is 1. The Morgan fingerprint density at radius 2 is 2.36 bits per heavy atom. The topological polar surface area (TPSA) is 72.6 Å². The second-order valence-electron chi connectivity index (χ2n) is 2.67. The number of aromatic carboxylic acids is 1. The number of carbonyl (C=O) groups is 1. The minimum atomic E-state index is -0.998. The van der Waals surface area contributed by atoms with Crippen LogP contribution in [0.4, 0.5) is 0 Å². The molecular formula is C9H7NO4. The summed E-state index contributed by atoms with van der Waals surface area (Å²) in [6.45, 7) is 0. The number of carboxylic acids is 1. The zero-order valence-corrected chi connectivity index (χ0v) is 7.35. The summed E-state index contributed by atoms with van der Waals surface area (Å²) >= 11 is 0. The number of aromatic nitrogens is 1. The number of benzene rings is 1. The third-order valence-corrected chi connectivity index (χ3v) is 1.79. The number of rotatable bonds is 2. The molecule has 1 heterocycles. The SMILES string of the molecule is COc1nc2ccc(C(=O)O)cc2o1. The van der Waals surface area contributed by atoms with Gasteiger partial charge >= 0.3 is 12.0 Å². The average molecular weight is 193 g/mol. The molecule has 0 fully saturated rings. The van der Waals surface area contributed by atoms with Gasteiger partial charge in [-0.2, -0.15) is 4.98 Å². The first kappa shape index (κ1) is 8.55. The van der Waals surface area contributed by atoms with Crippen LogP contribution in [0, 0.1) is 0 Å². The average Bonchev–Trinajstić information content (AvgIpc) is 2.58. The summed E-state index contributed by atoms with van der Waals surface area (Å²) in [7, 11) is 1.43. The van der Waals surface area contributed by atoms with Gasteiger partial charge in [-0.25, -0.2) is 4.79 Å². The Labute approximate surface area is 78.9 Å². The number of oxazole rings is 1. The molecule has 0 spiro atoms. The smallest absolute Gasteiger partial charge is 0.394 e. The van der Waals surface area contributed by atoms with Gasteiger partial charge in [-0.1, -0.05) is 0 Å². The summed E-state index contributed by atoms with van der Waals surface area (Å²) < 4.78 is 9.89. The van der Waals surface area contributed by atoms with Crippen LogP contribution in [-0.2, 0) is 0 Å². The Morgan fingerprint density at radius 1 is 1.57 bits per heavy atom. The molecule has 0 aliphatic carbocycles. The van der Waals surface area contributed by atoms with Gasteiger partial charge in [0.25, 0.3) is 0 Å². The maximum atomic E-state index is 10.6. The fourth-order valence-electron chi connectivity index (χ4n) is 1.12. The second kappa shape index (κ2) is 3.02. The van der Waals surface area contributed by atoms with E-state index < -0.39 is 5.97 Å². The van der Waals surface area contributed by atoms with Crippen LogP contribution < -0.4 is 4.74 Å². The third-order valence-electron chi connectivity index (χ3n) is 1.79. The predicted molar refractivity (Wildman–Crippen MR) is 47.5 cm³/mol. The summed E-state index contributed by atoms with van der Waals surface area (Å²) in [6.07, 6.45) is 0.127.